The third kappa shape index (κ3) is 6.25. The maximum Gasteiger partial charge on any atom is 0.271 e. The van der Waals surface area contributed by atoms with Crippen LogP contribution in [0.3, 0.4) is 0 Å². The van der Waals surface area contributed by atoms with Crippen molar-refractivity contribution in [1.82, 2.24) is 10.4 Å². The van der Waals surface area contributed by atoms with Gasteiger partial charge in [0.05, 0.1) is 0 Å². The van der Waals surface area contributed by atoms with E-state index in [0.717, 1.165) is 23.1 Å². The SMILES string of the molecule is CCCCC(=O)NN1C(=O)[C@@H](Cc2ccc(F)cc2)O[C@H](c2cccc(Cl)c2)[C@@H]1c1ccc(Cl)cc1. The van der Waals surface area contributed by atoms with Gasteiger partial charge in [-0.2, -0.15) is 0 Å². The molecule has 8 heteroatoms. The van der Waals surface area contributed by atoms with Crippen LogP contribution in [0.1, 0.15) is 55.0 Å². The Kier molecular flexibility index (Phi) is 8.62. The summed E-state index contributed by atoms with van der Waals surface area (Å²) >= 11 is 12.4. The van der Waals surface area contributed by atoms with Gasteiger partial charge in [-0.3, -0.25) is 15.0 Å². The maximum absolute atomic E-state index is 13.8. The van der Waals surface area contributed by atoms with E-state index in [-0.39, 0.29) is 24.1 Å². The number of hydrogen-bond donors (Lipinski definition) is 1. The molecule has 36 heavy (non-hydrogen) atoms. The predicted molar refractivity (Wildman–Crippen MR) is 138 cm³/mol. The van der Waals surface area contributed by atoms with E-state index >= 15 is 0 Å². The molecule has 0 saturated carbocycles. The Morgan fingerprint density at radius 3 is 2.39 bits per heavy atom. The summed E-state index contributed by atoms with van der Waals surface area (Å²) in [5.74, 6) is -1.00. The Labute approximate surface area is 220 Å². The molecule has 0 radical (unpaired) electrons. The van der Waals surface area contributed by atoms with Crippen LogP contribution in [-0.2, 0) is 20.7 Å². The van der Waals surface area contributed by atoms with Crippen molar-refractivity contribution < 1.29 is 18.7 Å². The van der Waals surface area contributed by atoms with Gasteiger partial charge in [-0.1, -0.05) is 72.9 Å². The van der Waals surface area contributed by atoms with Crippen LogP contribution in [0.2, 0.25) is 10.0 Å². The van der Waals surface area contributed by atoms with E-state index in [1.165, 1.54) is 17.1 Å². The standard InChI is InChI=1S/C28H27Cl2FN2O3/c1-2-3-7-25(34)32-33-26(19-10-12-21(29)13-11-19)27(20-5-4-6-22(30)17-20)36-24(28(33)35)16-18-8-14-23(31)15-9-18/h4-6,8-15,17,24,26-27H,2-3,7,16H2,1H3,(H,32,34)/t24-,26+,27-/m1/s1. The number of ether oxygens (including phenoxy) is 1. The molecule has 3 atom stereocenters. The second-order valence-corrected chi connectivity index (χ2v) is 9.65. The molecule has 5 nitrogen and oxygen atoms in total. The van der Waals surface area contributed by atoms with E-state index in [4.69, 9.17) is 27.9 Å². The highest BCUT2D eigenvalue weighted by atomic mass is 35.5. The summed E-state index contributed by atoms with van der Waals surface area (Å²) in [6.45, 7) is 2.00. The zero-order valence-electron chi connectivity index (χ0n) is 19.8. The van der Waals surface area contributed by atoms with Crippen LogP contribution in [0.4, 0.5) is 4.39 Å². The number of carbonyl (C=O) groups is 2. The zero-order chi connectivity index (χ0) is 25.7. The number of hydrazine groups is 1. The molecule has 2 amide bonds. The summed E-state index contributed by atoms with van der Waals surface area (Å²) in [6.07, 6.45) is 0.508. The van der Waals surface area contributed by atoms with Crippen LogP contribution in [0.25, 0.3) is 0 Å². The molecule has 3 aromatic rings. The summed E-state index contributed by atoms with van der Waals surface area (Å²) in [4.78, 5) is 26.6. The van der Waals surface area contributed by atoms with Gasteiger partial charge in [0, 0.05) is 22.9 Å². The molecule has 0 unspecified atom stereocenters. The fraction of sp³-hybridized carbons (Fsp3) is 0.286. The average Bonchev–Trinajstić information content (AvgIpc) is 2.87. The Bertz CT molecular complexity index is 1200. The average molecular weight is 529 g/mol. The van der Waals surface area contributed by atoms with Crippen molar-refractivity contribution in [2.45, 2.75) is 50.9 Å². The molecule has 0 bridgehead atoms. The Morgan fingerprint density at radius 2 is 1.72 bits per heavy atom. The van der Waals surface area contributed by atoms with E-state index in [1.807, 2.05) is 31.2 Å². The molecule has 1 saturated heterocycles. The molecular weight excluding hydrogens is 502 g/mol. The molecule has 3 aromatic carbocycles. The van der Waals surface area contributed by atoms with Crippen LogP contribution < -0.4 is 5.43 Å². The summed E-state index contributed by atoms with van der Waals surface area (Å²) < 4.78 is 19.9. The minimum Gasteiger partial charge on any atom is -0.357 e. The highest BCUT2D eigenvalue weighted by molar-refractivity contribution is 6.30. The fourth-order valence-corrected chi connectivity index (χ4v) is 4.61. The van der Waals surface area contributed by atoms with Gasteiger partial charge in [-0.25, -0.2) is 9.40 Å². The van der Waals surface area contributed by atoms with Gasteiger partial charge < -0.3 is 4.74 Å². The monoisotopic (exact) mass is 528 g/mol. The van der Waals surface area contributed by atoms with Crippen molar-refractivity contribution in [3.8, 4) is 0 Å². The minimum atomic E-state index is -0.908. The second-order valence-electron chi connectivity index (χ2n) is 8.77. The van der Waals surface area contributed by atoms with Gasteiger partial charge >= 0.3 is 0 Å². The molecule has 188 valence electrons. The maximum atomic E-state index is 13.8. The van der Waals surface area contributed by atoms with Gasteiger partial charge in [-0.05, 0) is 59.5 Å². The zero-order valence-corrected chi connectivity index (χ0v) is 21.3. The highest BCUT2D eigenvalue weighted by Crippen LogP contribution is 2.42. The van der Waals surface area contributed by atoms with E-state index in [9.17, 15) is 14.0 Å². The van der Waals surface area contributed by atoms with Crippen molar-refractivity contribution >= 4 is 35.0 Å². The molecule has 1 heterocycles. The molecule has 1 aliphatic rings. The number of amides is 2. The van der Waals surface area contributed by atoms with Gasteiger partial charge in [0.1, 0.15) is 24.1 Å². The number of morpholine rings is 1. The first-order valence-corrected chi connectivity index (χ1v) is 12.6. The first-order valence-electron chi connectivity index (χ1n) is 11.9. The molecule has 0 aliphatic carbocycles. The molecule has 4 rings (SSSR count). The fourth-order valence-electron chi connectivity index (χ4n) is 4.29. The van der Waals surface area contributed by atoms with E-state index in [2.05, 4.69) is 5.43 Å². The quantitative estimate of drug-likeness (QED) is 0.358. The number of unbranched alkanes of at least 4 members (excludes halogenated alkanes) is 1. The Morgan fingerprint density at radius 1 is 1.00 bits per heavy atom. The van der Waals surface area contributed by atoms with Gasteiger partial charge in [0.15, 0.2) is 0 Å². The lowest BCUT2D eigenvalue weighted by atomic mass is 9.91. The molecule has 1 fully saturated rings. The molecule has 1 aliphatic heterocycles. The van der Waals surface area contributed by atoms with Gasteiger partial charge in [-0.15, -0.1) is 0 Å². The van der Waals surface area contributed by atoms with Crippen LogP contribution in [0, 0.1) is 5.82 Å². The third-order valence-electron chi connectivity index (χ3n) is 6.11. The topological polar surface area (TPSA) is 58.6 Å². The van der Waals surface area contributed by atoms with Crippen molar-refractivity contribution in [2.24, 2.45) is 0 Å². The highest BCUT2D eigenvalue weighted by Gasteiger charge is 2.45. The molecule has 1 N–H and O–H groups in total. The van der Waals surface area contributed by atoms with Gasteiger partial charge in [0.25, 0.3) is 5.91 Å². The number of hydrogen-bond acceptors (Lipinski definition) is 3. The Balaban J connectivity index is 1.76. The lowest BCUT2D eigenvalue weighted by Gasteiger charge is -2.44. The first-order chi connectivity index (χ1) is 17.4. The van der Waals surface area contributed by atoms with Crippen molar-refractivity contribution in [2.75, 3.05) is 0 Å². The van der Waals surface area contributed by atoms with Gasteiger partial charge in [0.2, 0.25) is 5.91 Å². The number of nitrogens with zero attached hydrogens (tertiary/aromatic N) is 1. The van der Waals surface area contributed by atoms with Crippen molar-refractivity contribution in [3.63, 3.8) is 0 Å². The van der Waals surface area contributed by atoms with E-state index < -0.39 is 18.2 Å². The summed E-state index contributed by atoms with van der Waals surface area (Å²) in [6, 6.07) is 19.6. The van der Waals surface area contributed by atoms with Crippen LogP contribution in [-0.4, -0.2) is 22.9 Å². The largest absolute Gasteiger partial charge is 0.357 e. The summed E-state index contributed by atoms with van der Waals surface area (Å²) in [5, 5.41) is 2.45. The lowest BCUT2D eigenvalue weighted by molar-refractivity contribution is -0.183. The number of halogens is 3. The third-order valence-corrected chi connectivity index (χ3v) is 6.60. The number of nitrogens with one attached hydrogen (secondary N) is 1. The van der Waals surface area contributed by atoms with Crippen molar-refractivity contribution in [3.05, 3.63) is 105 Å². The van der Waals surface area contributed by atoms with Crippen LogP contribution in [0.5, 0.6) is 0 Å². The lowest BCUT2D eigenvalue weighted by Crippen LogP contribution is -2.58. The number of benzene rings is 3. The molecule has 0 aromatic heterocycles. The number of rotatable bonds is 8. The number of carbonyl (C=O) groups excluding carboxylic acids is 2. The van der Waals surface area contributed by atoms with E-state index in [0.29, 0.717) is 22.9 Å². The summed E-state index contributed by atoms with van der Waals surface area (Å²) in [7, 11) is 0. The minimum absolute atomic E-state index is 0.213. The summed E-state index contributed by atoms with van der Waals surface area (Å²) in [5.41, 5.74) is 5.08. The smallest absolute Gasteiger partial charge is 0.271 e. The Hall–Kier alpha value is -2.93. The van der Waals surface area contributed by atoms with Crippen LogP contribution in [0.15, 0.2) is 72.8 Å². The normalized spacial score (nSPS) is 19.8. The van der Waals surface area contributed by atoms with Crippen LogP contribution >= 0.6 is 23.2 Å². The molecule has 0 spiro atoms. The molecular formula is C28H27Cl2FN2O3. The van der Waals surface area contributed by atoms with E-state index in [1.54, 1.807) is 36.4 Å². The van der Waals surface area contributed by atoms with Crippen molar-refractivity contribution in [1.29, 1.82) is 0 Å². The first kappa shape index (κ1) is 26.1. The second kappa shape index (κ2) is 11.9. The predicted octanol–water partition coefficient (Wildman–Crippen LogP) is 6.61.